The van der Waals surface area contributed by atoms with Crippen LogP contribution in [0.2, 0.25) is 0 Å². The molecule has 1 heterocycles. The van der Waals surface area contributed by atoms with Crippen molar-refractivity contribution in [1.29, 1.82) is 0 Å². The number of para-hydroxylation sites is 1. The quantitative estimate of drug-likeness (QED) is 0.786. The van der Waals surface area contributed by atoms with Gasteiger partial charge >= 0.3 is 0 Å². The molecule has 0 fully saturated rings. The van der Waals surface area contributed by atoms with Gasteiger partial charge in [0.05, 0.1) is 0 Å². The number of aromatic nitrogens is 1. The normalized spacial score (nSPS) is 8.17. The van der Waals surface area contributed by atoms with Crippen molar-refractivity contribution in [3.05, 3.63) is 36.5 Å². The van der Waals surface area contributed by atoms with E-state index in [0.29, 0.717) is 0 Å². The molecule has 1 N–H and O–H groups in total. The van der Waals surface area contributed by atoms with Crippen molar-refractivity contribution < 1.29 is 5.11 Å². The fourth-order valence-corrected chi connectivity index (χ4v) is 1.22. The Balaban J connectivity index is 0. The molecule has 0 saturated carbocycles. The van der Waals surface area contributed by atoms with Crippen molar-refractivity contribution in [3.63, 3.8) is 0 Å². The first-order chi connectivity index (χ1) is 8.79. The van der Waals surface area contributed by atoms with E-state index in [9.17, 15) is 0 Å². The number of hydrogen-bond donors (Lipinski definition) is 1. The van der Waals surface area contributed by atoms with Gasteiger partial charge in [0.1, 0.15) is 0 Å². The zero-order chi connectivity index (χ0) is 14.4. The Morgan fingerprint density at radius 1 is 0.944 bits per heavy atom. The maximum atomic E-state index is 7.00. The topological polar surface area (TPSA) is 25.2 Å². The van der Waals surface area contributed by atoms with E-state index < -0.39 is 0 Å². The predicted octanol–water partition coefficient (Wildman–Crippen LogP) is 4.62. The highest BCUT2D eigenvalue weighted by Gasteiger charge is 1.92. The van der Waals surface area contributed by atoms with E-state index in [4.69, 9.17) is 5.11 Å². The molecule has 2 heteroatoms. The predicted molar refractivity (Wildman–Crippen MR) is 83.0 cm³/mol. The Kier molecular flexibility index (Phi) is 14.6. The highest BCUT2D eigenvalue weighted by atomic mass is 16.2. The molecular weight excluding hydrogens is 222 g/mol. The van der Waals surface area contributed by atoms with Crippen LogP contribution in [0.25, 0.3) is 10.9 Å². The number of aliphatic hydroxyl groups is 1. The molecule has 2 nitrogen and oxygen atoms in total. The van der Waals surface area contributed by atoms with Gasteiger partial charge in [-0.05, 0) is 17.5 Å². The smallest absolute Gasteiger partial charge is 0.0477 e. The van der Waals surface area contributed by atoms with E-state index in [1.54, 1.807) is 0 Å². The average molecular weight is 251 g/mol. The number of aliphatic hydroxyl groups excluding tert-OH is 1. The van der Waals surface area contributed by atoms with Crippen LogP contribution < -0.4 is 0 Å². The highest BCUT2D eigenvalue weighted by molar-refractivity contribution is 5.79. The van der Waals surface area contributed by atoms with Crippen LogP contribution in [0.5, 0.6) is 0 Å². The van der Waals surface area contributed by atoms with Crippen LogP contribution in [0.3, 0.4) is 0 Å². The first-order valence-corrected chi connectivity index (χ1v) is 6.74. The second-order valence-corrected chi connectivity index (χ2v) is 3.49. The van der Waals surface area contributed by atoms with Crippen molar-refractivity contribution in [2.24, 2.45) is 7.05 Å². The summed E-state index contributed by atoms with van der Waals surface area (Å²) in [6, 6.07) is 10.5. The van der Waals surface area contributed by atoms with E-state index in [1.807, 2.05) is 13.8 Å². The lowest BCUT2D eigenvalue weighted by Crippen LogP contribution is -1.81. The van der Waals surface area contributed by atoms with Gasteiger partial charge in [0, 0.05) is 25.9 Å². The van der Waals surface area contributed by atoms with Crippen molar-refractivity contribution in [2.75, 3.05) is 7.11 Å². The van der Waals surface area contributed by atoms with Crippen molar-refractivity contribution in [3.8, 4) is 0 Å². The summed E-state index contributed by atoms with van der Waals surface area (Å²) in [5.41, 5.74) is 1.29. The Bertz CT molecular complexity index is 377. The van der Waals surface area contributed by atoms with E-state index in [0.717, 1.165) is 7.11 Å². The van der Waals surface area contributed by atoms with E-state index in [2.05, 4.69) is 62.0 Å². The van der Waals surface area contributed by atoms with Gasteiger partial charge in [0.15, 0.2) is 0 Å². The Morgan fingerprint density at radius 3 is 1.89 bits per heavy atom. The minimum Gasteiger partial charge on any atom is -0.400 e. The third kappa shape index (κ3) is 7.13. The van der Waals surface area contributed by atoms with Crippen LogP contribution in [-0.4, -0.2) is 16.8 Å². The lowest BCUT2D eigenvalue weighted by molar-refractivity contribution is 0.399. The molecule has 0 spiro atoms. The molecule has 0 bridgehead atoms. The number of nitrogens with zero attached hydrogens (tertiary/aromatic N) is 1. The molecule has 0 radical (unpaired) electrons. The van der Waals surface area contributed by atoms with Crippen molar-refractivity contribution in [1.82, 2.24) is 4.57 Å². The van der Waals surface area contributed by atoms with Gasteiger partial charge in [-0.15, -0.1) is 0 Å². The molecule has 18 heavy (non-hydrogen) atoms. The zero-order valence-corrected chi connectivity index (χ0v) is 12.8. The zero-order valence-electron chi connectivity index (χ0n) is 12.8. The van der Waals surface area contributed by atoms with Crippen molar-refractivity contribution in [2.45, 2.75) is 40.5 Å². The molecule has 0 amide bonds. The van der Waals surface area contributed by atoms with Crippen LogP contribution in [-0.2, 0) is 7.05 Å². The first kappa shape index (κ1) is 19.1. The molecule has 0 saturated heterocycles. The highest BCUT2D eigenvalue weighted by Crippen LogP contribution is 2.12. The standard InChI is InChI=1S/C9H9N.C4H10.C2H6.CH4O/c1-10-7-6-8-4-2-3-5-9(8)10;1-3-4-2;2*1-2/h2-7H,1H3;3-4H2,1-2H3;1-2H3;2H,1H3. The monoisotopic (exact) mass is 251 g/mol. The molecule has 0 aliphatic carbocycles. The van der Waals surface area contributed by atoms with E-state index in [-0.39, 0.29) is 0 Å². The Morgan fingerprint density at radius 2 is 1.44 bits per heavy atom. The minimum atomic E-state index is 1.00. The van der Waals surface area contributed by atoms with Crippen LogP contribution in [0, 0.1) is 0 Å². The van der Waals surface area contributed by atoms with Gasteiger partial charge < -0.3 is 9.67 Å². The number of rotatable bonds is 1. The molecule has 0 aliphatic rings. The summed E-state index contributed by atoms with van der Waals surface area (Å²) >= 11 is 0. The van der Waals surface area contributed by atoms with Gasteiger partial charge in [0.2, 0.25) is 0 Å². The van der Waals surface area contributed by atoms with E-state index in [1.165, 1.54) is 23.7 Å². The van der Waals surface area contributed by atoms with Gasteiger partial charge in [-0.2, -0.15) is 0 Å². The Labute approximate surface area is 112 Å². The third-order valence-corrected chi connectivity index (χ3v) is 2.29. The molecule has 1 aromatic carbocycles. The van der Waals surface area contributed by atoms with E-state index >= 15 is 0 Å². The van der Waals surface area contributed by atoms with Crippen molar-refractivity contribution >= 4 is 10.9 Å². The molecule has 2 rings (SSSR count). The molecule has 0 atom stereocenters. The maximum Gasteiger partial charge on any atom is 0.0477 e. The largest absolute Gasteiger partial charge is 0.400 e. The van der Waals surface area contributed by atoms with Crippen LogP contribution in [0.1, 0.15) is 40.5 Å². The number of unbranched alkanes of at least 4 members (excludes halogenated alkanes) is 1. The summed E-state index contributed by atoms with van der Waals surface area (Å²) in [6.07, 6.45) is 4.71. The molecule has 0 unspecified atom stereocenters. The lowest BCUT2D eigenvalue weighted by Gasteiger charge is -1.92. The molecule has 104 valence electrons. The molecular formula is C16H29NO. The second-order valence-electron chi connectivity index (χ2n) is 3.49. The number of benzene rings is 1. The van der Waals surface area contributed by atoms with Gasteiger partial charge in [-0.3, -0.25) is 0 Å². The number of fused-ring (bicyclic) bond motifs is 1. The maximum absolute atomic E-state index is 7.00. The summed E-state index contributed by atoms with van der Waals surface area (Å²) in [5, 5.41) is 8.31. The summed E-state index contributed by atoms with van der Waals surface area (Å²) in [7, 11) is 3.06. The molecule has 0 aliphatic heterocycles. The second kappa shape index (κ2) is 13.8. The molecule has 2 aromatic rings. The summed E-state index contributed by atoms with van der Waals surface area (Å²) < 4.78 is 2.12. The van der Waals surface area contributed by atoms with Gasteiger partial charge in [-0.25, -0.2) is 0 Å². The molecule has 1 aromatic heterocycles. The lowest BCUT2D eigenvalue weighted by atomic mass is 10.2. The third-order valence-electron chi connectivity index (χ3n) is 2.29. The number of aryl methyl sites for hydroxylation is 1. The summed E-state index contributed by atoms with van der Waals surface area (Å²) in [6.45, 7) is 8.36. The van der Waals surface area contributed by atoms with Crippen LogP contribution in [0.4, 0.5) is 0 Å². The fraction of sp³-hybridized carbons (Fsp3) is 0.500. The van der Waals surface area contributed by atoms with Crippen LogP contribution >= 0.6 is 0 Å². The average Bonchev–Trinajstić information content (AvgIpc) is 2.86. The Hall–Kier alpha value is -1.28. The number of hydrogen-bond acceptors (Lipinski definition) is 1. The van der Waals surface area contributed by atoms with Gasteiger partial charge in [0.25, 0.3) is 0 Å². The fourth-order valence-electron chi connectivity index (χ4n) is 1.22. The van der Waals surface area contributed by atoms with Gasteiger partial charge in [-0.1, -0.05) is 58.7 Å². The first-order valence-electron chi connectivity index (χ1n) is 6.74. The SMILES string of the molecule is CC.CCCC.CO.Cn1ccc2ccccc21. The van der Waals surface area contributed by atoms with Crippen LogP contribution in [0.15, 0.2) is 36.5 Å². The summed E-state index contributed by atoms with van der Waals surface area (Å²) in [4.78, 5) is 0. The summed E-state index contributed by atoms with van der Waals surface area (Å²) in [5.74, 6) is 0. The minimum absolute atomic E-state index is 1.00.